The van der Waals surface area contributed by atoms with Crippen LogP contribution in [-0.4, -0.2) is 74.3 Å². The Hall–Kier alpha value is -3.94. The third kappa shape index (κ3) is 4.64. The molecule has 2 fully saturated rings. The summed E-state index contributed by atoms with van der Waals surface area (Å²) < 4.78 is 7.74. The number of likely N-dealkylation sites (tertiary alicyclic amines) is 1. The molecule has 2 saturated heterocycles. The first-order valence-electron chi connectivity index (χ1n) is 11.1. The maximum Gasteiger partial charge on any atom is 0.317 e. The fraction of sp³-hybridized carbons (Fsp3) is 0.455. The first-order chi connectivity index (χ1) is 16.2. The summed E-state index contributed by atoms with van der Waals surface area (Å²) in [6, 6.07) is 5.33. The van der Waals surface area contributed by atoms with Gasteiger partial charge in [0.2, 0.25) is 11.5 Å². The number of carbonyl (C=O) groups is 1. The number of carbonyl (C=O) groups excluding carboxylic acids is 1. The second-order valence-electron chi connectivity index (χ2n) is 8.42. The van der Waals surface area contributed by atoms with Crippen LogP contribution in [0.5, 0.6) is 5.88 Å². The molecule has 5 rings (SSSR count). The van der Waals surface area contributed by atoms with Crippen molar-refractivity contribution in [1.29, 1.82) is 5.26 Å². The van der Waals surface area contributed by atoms with Crippen molar-refractivity contribution in [3.05, 3.63) is 42.6 Å². The molecule has 2 amide bonds. The molecule has 3 aromatic rings. The number of nitriles is 1. The number of fused-ring (bicyclic) bond motifs is 1. The molecule has 2 atom stereocenters. The number of pyridine rings is 1. The maximum atomic E-state index is 12.7. The number of urea groups is 1. The number of aromatic nitrogens is 5. The van der Waals surface area contributed by atoms with Crippen molar-refractivity contribution in [3.63, 3.8) is 0 Å². The Morgan fingerprint density at radius 2 is 2.18 bits per heavy atom. The van der Waals surface area contributed by atoms with E-state index in [-0.39, 0.29) is 12.1 Å². The van der Waals surface area contributed by atoms with Crippen LogP contribution in [0.2, 0.25) is 0 Å². The summed E-state index contributed by atoms with van der Waals surface area (Å²) in [5, 5.41) is 20.1. The van der Waals surface area contributed by atoms with Crippen molar-refractivity contribution >= 4 is 17.5 Å². The predicted molar refractivity (Wildman–Crippen MR) is 119 cm³/mol. The largest absolute Gasteiger partial charge is 0.472 e. The fourth-order valence-corrected chi connectivity index (χ4v) is 4.43. The molecule has 0 saturated carbocycles. The Bertz CT molecular complexity index is 1160. The summed E-state index contributed by atoms with van der Waals surface area (Å²) in [6.45, 7) is 3.50. The number of nitrogens with one attached hydrogen (secondary N) is 1. The Morgan fingerprint density at radius 3 is 3.03 bits per heavy atom. The van der Waals surface area contributed by atoms with Gasteiger partial charge in [-0.15, -0.1) is 10.2 Å². The lowest BCUT2D eigenvalue weighted by Crippen LogP contribution is -2.45. The molecule has 11 heteroatoms. The van der Waals surface area contributed by atoms with Crippen LogP contribution >= 0.6 is 0 Å². The van der Waals surface area contributed by atoms with Gasteiger partial charge in [0.05, 0.1) is 12.1 Å². The highest BCUT2D eigenvalue weighted by atomic mass is 16.5. The first kappa shape index (κ1) is 20.9. The summed E-state index contributed by atoms with van der Waals surface area (Å²) >= 11 is 0. The Balaban J connectivity index is 1.11. The first-order valence-corrected chi connectivity index (χ1v) is 11.1. The zero-order valence-electron chi connectivity index (χ0n) is 18.2. The van der Waals surface area contributed by atoms with Crippen LogP contribution in [0.1, 0.15) is 24.8 Å². The quantitative estimate of drug-likeness (QED) is 0.623. The van der Waals surface area contributed by atoms with Gasteiger partial charge in [-0.25, -0.2) is 14.8 Å². The molecule has 0 spiro atoms. The SMILES string of the molecule is N#Cc1ccc(OC2CCN(C(=O)NCC3CCCN(c4nccn5cnnc45)C3)C2)nc1. The van der Waals surface area contributed by atoms with Crippen molar-refractivity contribution in [2.45, 2.75) is 25.4 Å². The standard InChI is InChI=1S/C22H25N9O2/c23-10-16-3-4-19(25-11-16)33-18-5-8-30(14-18)22(32)26-12-17-2-1-7-29(13-17)20-21-28-27-15-31(21)9-6-24-20/h3-4,6,9,11,15,17-18H,1-2,5,7-8,12-14H2,(H,26,32). The van der Waals surface area contributed by atoms with Crippen molar-refractivity contribution in [2.24, 2.45) is 5.92 Å². The average molecular weight is 448 g/mol. The number of amides is 2. The molecule has 170 valence electrons. The van der Waals surface area contributed by atoms with Gasteiger partial charge in [-0.1, -0.05) is 0 Å². The summed E-state index contributed by atoms with van der Waals surface area (Å²) in [7, 11) is 0. The lowest BCUT2D eigenvalue weighted by molar-refractivity contribution is 0.182. The molecule has 0 radical (unpaired) electrons. The molecule has 2 unspecified atom stereocenters. The van der Waals surface area contributed by atoms with Gasteiger partial charge < -0.3 is 19.9 Å². The zero-order chi connectivity index (χ0) is 22.6. The van der Waals surface area contributed by atoms with E-state index in [4.69, 9.17) is 10.00 Å². The maximum absolute atomic E-state index is 12.7. The predicted octanol–water partition coefficient (Wildman–Crippen LogP) is 1.47. The fourth-order valence-electron chi connectivity index (χ4n) is 4.43. The number of ether oxygens (including phenoxy) is 1. The third-order valence-electron chi connectivity index (χ3n) is 6.14. The molecule has 5 heterocycles. The van der Waals surface area contributed by atoms with E-state index < -0.39 is 0 Å². The number of rotatable bonds is 5. The van der Waals surface area contributed by atoms with Crippen LogP contribution in [0.4, 0.5) is 10.6 Å². The molecule has 0 aromatic carbocycles. The van der Waals surface area contributed by atoms with Crippen LogP contribution in [0.15, 0.2) is 37.1 Å². The smallest absolute Gasteiger partial charge is 0.317 e. The van der Waals surface area contributed by atoms with Crippen LogP contribution < -0.4 is 15.0 Å². The molecule has 0 bridgehead atoms. The van der Waals surface area contributed by atoms with Crippen molar-refractivity contribution in [2.75, 3.05) is 37.6 Å². The number of anilines is 1. The Labute approximate surface area is 191 Å². The van der Waals surface area contributed by atoms with Gasteiger partial charge in [0.1, 0.15) is 18.5 Å². The van der Waals surface area contributed by atoms with Crippen molar-refractivity contribution in [1.82, 2.24) is 34.8 Å². The van der Waals surface area contributed by atoms with Gasteiger partial charge in [0.15, 0.2) is 5.82 Å². The lowest BCUT2D eigenvalue weighted by Gasteiger charge is -2.33. The molecule has 2 aliphatic heterocycles. The Kier molecular flexibility index (Phi) is 5.89. The number of nitrogens with zero attached hydrogens (tertiary/aromatic N) is 8. The minimum Gasteiger partial charge on any atom is -0.472 e. The van der Waals surface area contributed by atoms with E-state index in [0.717, 1.165) is 43.8 Å². The molecule has 11 nitrogen and oxygen atoms in total. The molecule has 3 aromatic heterocycles. The summed E-state index contributed by atoms with van der Waals surface area (Å²) in [5.41, 5.74) is 1.24. The molecular weight excluding hydrogens is 422 g/mol. The zero-order valence-corrected chi connectivity index (χ0v) is 18.2. The van der Waals surface area contributed by atoms with E-state index in [1.807, 2.05) is 16.7 Å². The number of hydrogen-bond acceptors (Lipinski definition) is 8. The monoisotopic (exact) mass is 447 g/mol. The van der Waals surface area contributed by atoms with E-state index >= 15 is 0 Å². The lowest BCUT2D eigenvalue weighted by atomic mass is 9.98. The van der Waals surface area contributed by atoms with Gasteiger partial charge in [-0.05, 0) is 24.8 Å². The minimum atomic E-state index is -0.101. The number of piperidine rings is 1. The van der Waals surface area contributed by atoms with Gasteiger partial charge in [-0.2, -0.15) is 5.26 Å². The average Bonchev–Trinajstić information content (AvgIpc) is 3.53. The van der Waals surface area contributed by atoms with E-state index in [2.05, 4.69) is 30.4 Å². The molecule has 1 N–H and O–H groups in total. The van der Waals surface area contributed by atoms with Crippen LogP contribution in [0.3, 0.4) is 0 Å². The molecule has 33 heavy (non-hydrogen) atoms. The van der Waals surface area contributed by atoms with Gasteiger partial charge in [0.25, 0.3) is 0 Å². The summed E-state index contributed by atoms with van der Waals surface area (Å²) in [4.78, 5) is 25.4. The summed E-state index contributed by atoms with van der Waals surface area (Å²) in [5.74, 6) is 1.65. The van der Waals surface area contributed by atoms with Gasteiger partial charge in [-0.3, -0.25) is 4.40 Å². The van der Waals surface area contributed by atoms with Crippen molar-refractivity contribution in [3.8, 4) is 11.9 Å². The van der Waals surface area contributed by atoms with Crippen molar-refractivity contribution < 1.29 is 9.53 Å². The van der Waals surface area contributed by atoms with Crippen LogP contribution in [-0.2, 0) is 0 Å². The second kappa shape index (κ2) is 9.28. The number of hydrogen-bond donors (Lipinski definition) is 1. The van der Waals surface area contributed by atoms with E-state index in [9.17, 15) is 4.79 Å². The highest BCUT2D eigenvalue weighted by Gasteiger charge is 2.29. The normalized spacial score (nSPS) is 20.6. The highest BCUT2D eigenvalue weighted by molar-refractivity contribution is 5.74. The van der Waals surface area contributed by atoms with E-state index in [0.29, 0.717) is 37.0 Å². The molecule has 2 aliphatic rings. The molecular formula is C22H25N9O2. The Morgan fingerprint density at radius 1 is 1.24 bits per heavy atom. The topological polar surface area (TPSA) is 125 Å². The van der Waals surface area contributed by atoms with Crippen LogP contribution in [0, 0.1) is 17.2 Å². The van der Waals surface area contributed by atoms with Gasteiger partial charge in [0, 0.05) is 57.3 Å². The van der Waals surface area contributed by atoms with E-state index in [1.54, 1.807) is 29.6 Å². The second-order valence-corrected chi connectivity index (χ2v) is 8.42. The van der Waals surface area contributed by atoms with E-state index in [1.165, 1.54) is 6.20 Å². The minimum absolute atomic E-state index is 0.0660. The summed E-state index contributed by atoms with van der Waals surface area (Å²) in [6.07, 6.45) is 9.50. The van der Waals surface area contributed by atoms with Gasteiger partial charge >= 0.3 is 6.03 Å². The highest BCUT2D eigenvalue weighted by Crippen LogP contribution is 2.24. The molecule has 0 aliphatic carbocycles. The third-order valence-corrected chi connectivity index (χ3v) is 6.14. The van der Waals surface area contributed by atoms with Crippen LogP contribution in [0.25, 0.3) is 5.65 Å².